The number of amides is 1. The smallest absolute Gasteiger partial charge is 0.225 e. The minimum Gasteiger partial charge on any atom is -0.311 e. The molecule has 1 aliphatic heterocycles. The first kappa shape index (κ1) is 14.4. The van der Waals surface area contributed by atoms with Gasteiger partial charge in [0.15, 0.2) is 0 Å². The second-order valence-corrected chi connectivity index (χ2v) is 7.48. The molecule has 0 atom stereocenters. The van der Waals surface area contributed by atoms with Crippen LogP contribution in [0.1, 0.15) is 52.3 Å². The molecular formula is C14H23N3OS. The van der Waals surface area contributed by atoms with E-state index in [2.05, 4.69) is 45.0 Å². The normalized spacial score (nSPS) is 14.8. The van der Waals surface area contributed by atoms with Crippen molar-refractivity contribution < 1.29 is 4.79 Å². The molecule has 1 amide bonds. The van der Waals surface area contributed by atoms with Crippen LogP contribution in [0.15, 0.2) is 0 Å². The molecule has 0 spiro atoms. The average Bonchev–Trinajstić information content (AvgIpc) is 2.77. The highest BCUT2D eigenvalue weighted by molar-refractivity contribution is 7.98. The van der Waals surface area contributed by atoms with Crippen LogP contribution in [0, 0.1) is 5.92 Å². The first-order chi connectivity index (χ1) is 8.79. The summed E-state index contributed by atoms with van der Waals surface area (Å²) in [5.74, 6) is 3.25. The van der Waals surface area contributed by atoms with E-state index in [0.717, 1.165) is 23.0 Å². The molecule has 1 aromatic rings. The topological polar surface area (TPSA) is 46.9 Å². The fourth-order valence-corrected chi connectivity index (χ4v) is 3.22. The lowest BCUT2D eigenvalue weighted by Crippen LogP contribution is -2.27. The Bertz CT molecular complexity index is 486. The van der Waals surface area contributed by atoms with E-state index in [-0.39, 0.29) is 11.4 Å². The Labute approximate surface area is 119 Å². The van der Waals surface area contributed by atoms with Gasteiger partial charge in [-0.2, -0.15) is 16.9 Å². The van der Waals surface area contributed by atoms with E-state index in [9.17, 15) is 4.79 Å². The molecule has 5 heteroatoms. The number of carbonyl (C=O) groups is 1. The van der Waals surface area contributed by atoms with Crippen molar-refractivity contribution in [1.29, 1.82) is 0 Å². The largest absolute Gasteiger partial charge is 0.311 e. The SMILES string of the molecule is CC(C)CC(=O)Nc1c2c(nn1C(C)(C)C)CSC2. The quantitative estimate of drug-likeness (QED) is 0.924. The van der Waals surface area contributed by atoms with Crippen molar-refractivity contribution in [3.8, 4) is 0 Å². The van der Waals surface area contributed by atoms with Crippen molar-refractivity contribution >= 4 is 23.5 Å². The Hall–Kier alpha value is -0.970. The third-order valence-electron chi connectivity index (χ3n) is 3.04. The molecule has 1 aliphatic rings. The Morgan fingerprint density at radius 2 is 2.11 bits per heavy atom. The van der Waals surface area contributed by atoms with Gasteiger partial charge in [0, 0.05) is 23.5 Å². The van der Waals surface area contributed by atoms with Gasteiger partial charge >= 0.3 is 0 Å². The van der Waals surface area contributed by atoms with Crippen LogP contribution in [0.4, 0.5) is 5.82 Å². The van der Waals surface area contributed by atoms with Crippen molar-refractivity contribution in [1.82, 2.24) is 9.78 Å². The minimum atomic E-state index is -0.116. The van der Waals surface area contributed by atoms with Gasteiger partial charge in [-0.25, -0.2) is 4.68 Å². The summed E-state index contributed by atoms with van der Waals surface area (Å²) in [5, 5.41) is 7.75. The van der Waals surface area contributed by atoms with Crippen LogP contribution in [0.2, 0.25) is 0 Å². The molecule has 0 aliphatic carbocycles. The predicted molar refractivity (Wildman–Crippen MR) is 80.3 cm³/mol. The Balaban J connectivity index is 2.30. The van der Waals surface area contributed by atoms with Crippen LogP contribution in [0.25, 0.3) is 0 Å². The van der Waals surface area contributed by atoms with Crippen LogP contribution >= 0.6 is 11.8 Å². The van der Waals surface area contributed by atoms with Gasteiger partial charge in [-0.05, 0) is 26.7 Å². The Morgan fingerprint density at radius 1 is 1.42 bits per heavy atom. The summed E-state index contributed by atoms with van der Waals surface area (Å²) in [6.07, 6.45) is 0.553. The number of hydrogen-bond acceptors (Lipinski definition) is 3. The average molecular weight is 281 g/mol. The minimum absolute atomic E-state index is 0.0834. The first-order valence-corrected chi connectivity index (χ1v) is 7.93. The summed E-state index contributed by atoms with van der Waals surface area (Å²) in [4.78, 5) is 12.0. The fourth-order valence-electron chi connectivity index (χ4n) is 2.18. The van der Waals surface area contributed by atoms with E-state index in [1.165, 1.54) is 5.56 Å². The molecule has 2 heterocycles. The number of fused-ring (bicyclic) bond motifs is 1. The maximum absolute atomic E-state index is 12.0. The predicted octanol–water partition coefficient (Wildman–Crippen LogP) is 3.37. The molecule has 0 fully saturated rings. The Kier molecular flexibility index (Phi) is 3.95. The molecule has 0 saturated heterocycles. The zero-order chi connectivity index (χ0) is 14.2. The summed E-state index contributed by atoms with van der Waals surface area (Å²) in [6, 6.07) is 0. The summed E-state index contributed by atoms with van der Waals surface area (Å²) in [6.45, 7) is 10.4. The van der Waals surface area contributed by atoms with Gasteiger partial charge < -0.3 is 5.32 Å². The number of anilines is 1. The molecule has 19 heavy (non-hydrogen) atoms. The molecule has 2 rings (SSSR count). The van der Waals surface area contributed by atoms with Crippen LogP contribution in [-0.4, -0.2) is 15.7 Å². The standard InChI is InChI=1S/C14H23N3OS/c1-9(2)6-12(18)15-13-10-7-19-8-11(10)16-17(13)14(3,4)5/h9H,6-8H2,1-5H3,(H,15,18). The van der Waals surface area contributed by atoms with Crippen LogP contribution < -0.4 is 5.32 Å². The van der Waals surface area contributed by atoms with Crippen LogP contribution in [0.3, 0.4) is 0 Å². The lowest BCUT2D eigenvalue weighted by Gasteiger charge is -2.23. The first-order valence-electron chi connectivity index (χ1n) is 6.78. The number of thioether (sulfide) groups is 1. The van der Waals surface area contributed by atoms with Gasteiger partial charge in [0.05, 0.1) is 11.2 Å². The zero-order valence-corrected chi connectivity index (χ0v) is 13.2. The van der Waals surface area contributed by atoms with E-state index < -0.39 is 0 Å². The molecule has 4 nitrogen and oxygen atoms in total. The van der Waals surface area contributed by atoms with E-state index >= 15 is 0 Å². The summed E-state index contributed by atoms with van der Waals surface area (Å²) in [7, 11) is 0. The van der Waals surface area contributed by atoms with E-state index in [1.807, 2.05) is 16.4 Å². The number of aromatic nitrogens is 2. The summed E-state index contributed by atoms with van der Waals surface area (Å²) >= 11 is 1.86. The van der Waals surface area contributed by atoms with Crippen molar-refractivity contribution in [2.45, 2.75) is 58.1 Å². The molecule has 0 aromatic carbocycles. The second kappa shape index (κ2) is 5.19. The number of hydrogen-bond donors (Lipinski definition) is 1. The Morgan fingerprint density at radius 3 is 2.68 bits per heavy atom. The highest BCUT2D eigenvalue weighted by Gasteiger charge is 2.28. The van der Waals surface area contributed by atoms with E-state index in [0.29, 0.717) is 12.3 Å². The lowest BCUT2D eigenvalue weighted by atomic mass is 10.1. The molecule has 106 valence electrons. The lowest BCUT2D eigenvalue weighted by molar-refractivity contribution is -0.116. The molecule has 0 radical (unpaired) electrons. The van der Waals surface area contributed by atoms with Crippen molar-refractivity contribution in [2.24, 2.45) is 5.92 Å². The second-order valence-electron chi connectivity index (χ2n) is 6.50. The van der Waals surface area contributed by atoms with Crippen LogP contribution in [-0.2, 0) is 21.8 Å². The fraction of sp³-hybridized carbons (Fsp3) is 0.714. The number of nitrogens with one attached hydrogen (secondary N) is 1. The van der Waals surface area contributed by atoms with Gasteiger partial charge in [0.1, 0.15) is 5.82 Å². The van der Waals surface area contributed by atoms with Crippen molar-refractivity contribution in [3.05, 3.63) is 11.3 Å². The summed E-state index contributed by atoms with van der Waals surface area (Å²) in [5.41, 5.74) is 2.21. The van der Waals surface area contributed by atoms with E-state index in [4.69, 9.17) is 0 Å². The number of nitrogens with zero attached hydrogens (tertiary/aromatic N) is 2. The molecule has 0 bridgehead atoms. The highest BCUT2D eigenvalue weighted by atomic mass is 32.2. The molecule has 1 N–H and O–H groups in total. The zero-order valence-electron chi connectivity index (χ0n) is 12.4. The van der Waals surface area contributed by atoms with Gasteiger partial charge in [-0.15, -0.1) is 0 Å². The number of rotatable bonds is 3. The van der Waals surface area contributed by atoms with Gasteiger partial charge in [0.25, 0.3) is 0 Å². The van der Waals surface area contributed by atoms with E-state index in [1.54, 1.807) is 0 Å². The van der Waals surface area contributed by atoms with Crippen molar-refractivity contribution in [2.75, 3.05) is 5.32 Å². The van der Waals surface area contributed by atoms with Gasteiger partial charge in [0.2, 0.25) is 5.91 Å². The third-order valence-corrected chi connectivity index (χ3v) is 4.01. The summed E-state index contributed by atoms with van der Waals surface area (Å²) < 4.78 is 1.97. The maximum Gasteiger partial charge on any atom is 0.225 e. The monoisotopic (exact) mass is 281 g/mol. The molecule has 0 saturated carbocycles. The molecular weight excluding hydrogens is 258 g/mol. The molecule has 0 unspecified atom stereocenters. The number of carbonyl (C=O) groups excluding carboxylic acids is 1. The van der Waals surface area contributed by atoms with Gasteiger partial charge in [-0.1, -0.05) is 13.8 Å². The van der Waals surface area contributed by atoms with Crippen molar-refractivity contribution in [3.63, 3.8) is 0 Å². The van der Waals surface area contributed by atoms with Gasteiger partial charge in [-0.3, -0.25) is 4.79 Å². The maximum atomic E-state index is 12.0. The highest BCUT2D eigenvalue weighted by Crippen LogP contribution is 2.37. The third kappa shape index (κ3) is 3.14. The van der Waals surface area contributed by atoms with Crippen LogP contribution in [0.5, 0.6) is 0 Å². The molecule has 1 aromatic heterocycles.